The Kier molecular flexibility index (Phi) is 7.29. The van der Waals surface area contributed by atoms with E-state index in [1.807, 2.05) is 6.92 Å². The van der Waals surface area contributed by atoms with Crippen molar-refractivity contribution in [2.24, 2.45) is 5.92 Å². The average Bonchev–Trinajstić information content (AvgIpc) is 3.19. The second-order valence-corrected chi connectivity index (χ2v) is 8.05. The zero-order chi connectivity index (χ0) is 22.5. The molecule has 168 valence electrons. The van der Waals surface area contributed by atoms with Crippen molar-refractivity contribution < 1.29 is 23.6 Å². The predicted octanol–water partition coefficient (Wildman–Crippen LogP) is 2.33. The number of carbonyl (C=O) groups excluding carboxylic acids is 2. The second kappa shape index (κ2) is 9.93. The normalized spacial score (nSPS) is 22.7. The number of hydrogen-bond acceptors (Lipinski definition) is 7. The predicted molar refractivity (Wildman–Crippen MR) is 116 cm³/mol. The van der Waals surface area contributed by atoms with Crippen LogP contribution in [0.15, 0.2) is 28.8 Å². The minimum absolute atomic E-state index is 0.0925. The monoisotopic (exact) mass is 430 g/mol. The Bertz CT molecular complexity index is 928. The number of ether oxygens (including phenoxy) is 2. The molecule has 0 unspecified atom stereocenters. The SMILES string of the molecule is CO[C@H]1CN(C)C(=O)c2cc(NC(=O)c3cc(C)on3)ccc2OC[C@H](C)NC[C@@H]1C. The van der Waals surface area contributed by atoms with Crippen molar-refractivity contribution in [3.05, 3.63) is 41.3 Å². The van der Waals surface area contributed by atoms with Crippen LogP contribution >= 0.6 is 0 Å². The standard InChI is InChI=1S/C22H30N4O5/c1-13-10-23-14(2)12-30-19-7-6-16(24-21(27)18-8-15(3)31-25-18)9-17(19)22(28)26(4)11-20(13)29-5/h6-9,13-14,20,23H,10-12H2,1-5H3,(H,24,27)/t13-,14-,20-/m0/s1. The van der Waals surface area contributed by atoms with E-state index in [1.54, 1.807) is 50.2 Å². The van der Waals surface area contributed by atoms with Crippen molar-refractivity contribution in [2.75, 3.05) is 39.2 Å². The van der Waals surface area contributed by atoms with Gasteiger partial charge in [0, 0.05) is 45.0 Å². The van der Waals surface area contributed by atoms with Gasteiger partial charge >= 0.3 is 0 Å². The molecule has 1 aromatic carbocycles. The van der Waals surface area contributed by atoms with Gasteiger partial charge in [-0.1, -0.05) is 12.1 Å². The molecule has 3 rings (SSSR count). The smallest absolute Gasteiger partial charge is 0.277 e. The van der Waals surface area contributed by atoms with E-state index < -0.39 is 5.91 Å². The molecule has 0 saturated heterocycles. The molecule has 0 spiro atoms. The van der Waals surface area contributed by atoms with E-state index in [0.29, 0.717) is 35.9 Å². The lowest BCUT2D eigenvalue weighted by atomic mass is 10.0. The lowest BCUT2D eigenvalue weighted by molar-refractivity contribution is 0.0281. The molecular weight excluding hydrogens is 400 g/mol. The van der Waals surface area contributed by atoms with Crippen LogP contribution in [0.4, 0.5) is 5.69 Å². The number of hydrogen-bond donors (Lipinski definition) is 2. The first-order valence-corrected chi connectivity index (χ1v) is 10.3. The Hall–Kier alpha value is -2.91. The number of anilines is 1. The largest absolute Gasteiger partial charge is 0.491 e. The van der Waals surface area contributed by atoms with E-state index in [2.05, 4.69) is 22.7 Å². The summed E-state index contributed by atoms with van der Waals surface area (Å²) in [6.07, 6.45) is -0.115. The Morgan fingerprint density at radius 1 is 1.32 bits per heavy atom. The van der Waals surface area contributed by atoms with Crippen LogP contribution in [0.25, 0.3) is 0 Å². The van der Waals surface area contributed by atoms with Crippen molar-refractivity contribution in [1.82, 2.24) is 15.4 Å². The van der Waals surface area contributed by atoms with Crippen LogP contribution in [0.5, 0.6) is 5.75 Å². The lowest BCUT2D eigenvalue weighted by Crippen LogP contribution is -2.44. The van der Waals surface area contributed by atoms with E-state index >= 15 is 0 Å². The number of aryl methyl sites for hydroxylation is 1. The number of methoxy groups -OCH3 is 1. The first-order chi connectivity index (χ1) is 14.8. The second-order valence-electron chi connectivity index (χ2n) is 8.05. The average molecular weight is 431 g/mol. The number of fused-ring (bicyclic) bond motifs is 1. The number of nitrogens with one attached hydrogen (secondary N) is 2. The van der Waals surface area contributed by atoms with Crippen molar-refractivity contribution in [3.63, 3.8) is 0 Å². The fraction of sp³-hybridized carbons (Fsp3) is 0.500. The number of likely N-dealkylation sites (N-methyl/N-ethyl adjacent to an activating group) is 1. The number of rotatable bonds is 3. The first kappa shape index (κ1) is 22.8. The lowest BCUT2D eigenvalue weighted by Gasteiger charge is -2.30. The Balaban J connectivity index is 1.88. The highest BCUT2D eigenvalue weighted by Crippen LogP contribution is 2.26. The minimum atomic E-state index is -0.419. The molecule has 0 aliphatic carbocycles. The highest BCUT2D eigenvalue weighted by molar-refractivity contribution is 6.04. The van der Waals surface area contributed by atoms with Crippen LogP contribution in [0.2, 0.25) is 0 Å². The topological polar surface area (TPSA) is 106 Å². The van der Waals surface area contributed by atoms with Gasteiger partial charge in [-0.05, 0) is 38.0 Å². The summed E-state index contributed by atoms with van der Waals surface area (Å²) in [5.74, 6) is 0.579. The number of benzene rings is 1. The third-order valence-corrected chi connectivity index (χ3v) is 5.34. The summed E-state index contributed by atoms with van der Waals surface area (Å²) >= 11 is 0. The summed E-state index contributed by atoms with van der Waals surface area (Å²) in [7, 11) is 3.39. The number of amides is 2. The molecule has 31 heavy (non-hydrogen) atoms. The summed E-state index contributed by atoms with van der Waals surface area (Å²) in [5, 5.41) is 9.92. The van der Waals surface area contributed by atoms with Gasteiger partial charge < -0.3 is 29.5 Å². The molecule has 2 aromatic rings. The molecule has 1 aliphatic rings. The van der Waals surface area contributed by atoms with Gasteiger partial charge in [0.2, 0.25) is 0 Å². The molecule has 2 N–H and O–H groups in total. The van der Waals surface area contributed by atoms with Gasteiger partial charge in [0.25, 0.3) is 11.8 Å². The van der Waals surface area contributed by atoms with Gasteiger partial charge in [-0.2, -0.15) is 0 Å². The van der Waals surface area contributed by atoms with Crippen molar-refractivity contribution in [1.29, 1.82) is 0 Å². The highest BCUT2D eigenvalue weighted by atomic mass is 16.5. The molecule has 0 radical (unpaired) electrons. The molecule has 1 aliphatic heterocycles. The van der Waals surface area contributed by atoms with Gasteiger partial charge in [0.15, 0.2) is 5.69 Å². The Morgan fingerprint density at radius 2 is 2.10 bits per heavy atom. The van der Waals surface area contributed by atoms with E-state index in [-0.39, 0.29) is 29.7 Å². The number of nitrogens with zero attached hydrogens (tertiary/aromatic N) is 2. The summed E-state index contributed by atoms with van der Waals surface area (Å²) in [6.45, 7) is 7.42. The zero-order valence-electron chi connectivity index (χ0n) is 18.6. The molecule has 3 atom stereocenters. The minimum Gasteiger partial charge on any atom is -0.491 e. The molecule has 9 heteroatoms. The van der Waals surface area contributed by atoms with E-state index in [1.165, 1.54) is 0 Å². The molecule has 2 heterocycles. The summed E-state index contributed by atoms with van der Waals surface area (Å²) in [5.41, 5.74) is 0.998. The fourth-order valence-corrected chi connectivity index (χ4v) is 3.41. The maximum Gasteiger partial charge on any atom is 0.277 e. The van der Waals surface area contributed by atoms with Gasteiger partial charge in [-0.3, -0.25) is 9.59 Å². The quantitative estimate of drug-likeness (QED) is 0.770. The molecular formula is C22H30N4O5. The molecule has 0 fully saturated rings. The number of carbonyl (C=O) groups is 2. The maximum absolute atomic E-state index is 13.2. The molecule has 9 nitrogen and oxygen atoms in total. The summed E-state index contributed by atoms with van der Waals surface area (Å²) < 4.78 is 16.5. The van der Waals surface area contributed by atoms with Gasteiger partial charge in [0.1, 0.15) is 18.1 Å². The Labute approximate surface area is 182 Å². The third-order valence-electron chi connectivity index (χ3n) is 5.34. The molecule has 0 bridgehead atoms. The van der Waals surface area contributed by atoms with Crippen LogP contribution in [0.1, 0.15) is 40.5 Å². The molecule has 0 saturated carbocycles. The van der Waals surface area contributed by atoms with Crippen LogP contribution in [-0.4, -0.2) is 67.9 Å². The maximum atomic E-state index is 13.2. The van der Waals surface area contributed by atoms with Gasteiger partial charge in [-0.25, -0.2) is 0 Å². The van der Waals surface area contributed by atoms with Gasteiger partial charge in [-0.15, -0.1) is 0 Å². The molecule has 1 aromatic heterocycles. The van der Waals surface area contributed by atoms with E-state index in [4.69, 9.17) is 14.0 Å². The number of aromatic nitrogens is 1. The molecule has 2 amide bonds. The van der Waals surface area contributed by atoms with Gasteiger partial charge in [0.05, 0.1) is 11.7 Å². The van der Waals surface area contributed by atoms with Crippen LogP contribution in [-0.2, 0) is 4.74 Å². The third kappa shape index (κ3) is 5.62. The van der Waals surface area contributed by atoms with E-state index in [0.717, 1.165) is 6.54 Å². The highest BCUT2D eigenvalue weighted by Gasteiger charge is 2.26. The van der Waals surface area contributed by atoms with Crippen molar-refractivity contribution in [2.45, 2.75) is 32.9 Å². The van der Waals surface area contributed by atoms with Crippen LogP contribution in [0.3, 0.4) is 0 Å². The first-order valence-electron chi connectivity index (χ1n) is 10.3. The van der Waals surface area contributed by atoms with Crippen molar-refractivity contribution >= 4 is 17.5 Å². The van der Waals surface area contributed by atoms with E-state index in [9.17, 15) is 9.59 Å². The van der Waals surface area contributed by atoms with Crippen LogP contribution in [0, 0.1) is 12.8 Å². The summed E-state index contributed by atoms with van der Waals surface area (Å²) in [6, 6.07) is 6.65. The van der Waals surface area contributed by atoms with Crippen LogP contribution < -0.4 is 15.4 Å². The fourth-order valence-electron chi connectivity index (χ4n) is 3.41. The van der Waals surface area contributed by atoms with Crippen molar-refractivity contribution in [3.8, 4) is 5.75 Å². The zero-order valence-corrected chi connectivity index (χ0v) is 18.6. The Morgan fingerprint density at radius 3 is 2.77 bits per heavy atom. The summed E-state index contributed by atoms with van der Waals surface area (Å²) in [4.78, 5) is 27.3.